The molecule has 1 aliphatic rings. The van der Waals surface area contributed by atoms with Gasteiger partial charge in [-0.1, -0.05) is 12.2 Å². The molecule has 2 N–H and O–H groups in total. The highest BCUT2D eigenvalue weighted by molar-refractivity contribution is 5.85. The number of carbonyl (C=O) groups is 1. The Kier molecular flexibility index (Phi) is 2.45. The van der Waals surface area contributed by atoms with Crippen molar-refractivity contribution < 1.29 is 4.79 Å². The average molecular weight is 153 g/mol. The Morgan fingerprint density at radius 1 is 1.55 bits per heavy atom. The molecule has 0 amide bonds. The van der Waals surface area contributed by atoms with Crippen LogP contribution in [0.5, 0.6) is 0 Å². The first-order chi connectivity index (χ1) is 5.21. The van der Waals surface area contributed by atoms with E-state index < -0.39 is 0 Å². The summed E-state index contributed by atoms with van der Waals surface area (Å²) in [4.78, 5) is 11.1. The summed E-state index contributed by atoms with van der Waals surface area (Å²) in [6.45, 7) is 2.26. The monoisotopic (exact) mass is 153 g/mol. The van der Waals surface area contributed by atoms with E-state index in [2.05, 4.69) is 0 Å². The topological polar surface area (TPSA) is 43.1 Å². The van der Waals surface area contributed by atoms with Crippen molar-refractivity contribution in [2.24, 2.45) is 11.1 Å². The minimum absolute atomic E-state index is 0.0195. The molecule has 1 rings (SSSR count). The average Bonchev–Trinajstić information content (AvgIpc) is 2.70. The lowest BCUT2D eigenvalue weighted by Gasteiger charge is -2.05. The van der Waals surface area contributed by atoms with Crippen molar-refractivity contribution in [2.75, 3.05) is 6.54 Å². The molecular weight excluding hydrogens is 138 g/mol. The molecule has 62 valence electrons. The van der Waals surface area contributed by atoms with Crippen molar-refractivity contribution in [3.63, 3.8) is 0 Å². The molecule has 0 saturated heterocycles. The molecule has 0 aliphatic heterocycles. The molecule has 1 fully saturated rings. The lowest BCUT2D eigenvalue weighted by Crippen LogP contribution is -2.10. The molecule has 0 atom stereocenters. The van der Waals surface area contributed by atoms with E-state index in [1.165, 1.54) is 0 Å². The quantitative estimate of drug-likeness (QED) is 0.618. The van der Waals surface area contributed by atoms with Gasteiger partial charge in [-0.2, -0.15) is 0 Å². The van der Waals surface area contributed by atoms with E-state index in [0.29, 0.717) is 12.3 Å². The van der Waals surface area contributed by atoms with Crippen molar-refractivity contribution in [2.45, 2.75) is 26.2 Å². The van der Waals surface area contributed by atoms with E-state index >= 15 is 0 Å². The second-order valence-corrected chi connectivity index (χ2v) is 3.25. The minimum Gasteiger partial charge on any atom is -0.327 e. The highest BCUT2D eigenvalue weighted by atomic mass is 16.1. The van der Waals surface area contributed by atoms with Crippen LogP contribution in [0.15, 0.2) is 12.2 Å². The Balaban J connectivity index is 2.36. The SMILES string of the molecule is CC(=O)C1(CC=CCN)CC1. The third kappa shape index (κ3) is 1.90. The van der Waals surface area contributed by atoms with Crippen LogP contribution in [0.3, 0.4) is 0 Å². The molecule has 11 heavy (non-hydrogen) atoms. The summed E-state index contributed by atoms with van der Waals surface area (Å²) in [7, 11) is 0. The van der Waals surface area contributed by atoms with Crippen LogP contribution in [0, 0.1) is 5.41 Å². The third-order valence-electron chi connectivity index (χ3n) is 2.41. The fourth-order valence-corrected chi connectivity index (χ4v) is 1.26. The predicted octanol–water partition coefficient (Wildman–Crippen LogP) is 1.26. The van der Waals surface area contributed by atoms with Gasteiger partial charge in [0.25, 0.3) is 0 Å². The Morgan fingerprint density at radius 2 is 2.18 bits per heavy atom. The van der Waals surface area contributed by atoms with Crippen LogP contribution in [0.2, 0.25) is 0 Å². The zero-order chi connectivity index (χ0) is 8.32. The first-order valence-electron chi connectivity index (χ1n) is 4.07. The van der Waals surface area contributed by atoms with Gasteiger partial charge >= 0.3 is 0 Å². The van der Waals surface area contributed by atoms with Crippen molar-refractivity contribution in [3.05, 3.63) is 12.2 Å². The Bertz CT molecular complexity index is 180. The molecule has 1 aliphatic carbocycles. The summed E-state index contributed by atoms with van der Waals surface area (Å²) >= 11 is 0. The van der Waals surface area contributed by atoms with Crippen molar-refractivity contribution >= 4 is 5.78 Å². The van der Waals surface area contributed by atoms with E-state index in [1.807, 2.05) is 12.2 Å². The second kappa shape index (κ2) is 3.18. The standard InChI is InChI=1S/C9H15NO/c1-8(11)9(5-6-9)4-2-3-7-10/h2-3H,4-7,10H2,1H3. The summed E-state index contributed by atoms with van der Waals surface area (Å²) < 4.78 is 0. The van der Waals surface area contributed by atoms with Crippen LogP contribution in [-0.4, -0.2) is 12.3 Å². The maximum atomic E-state index is 11.1. The van der Waals surface area contributed by atoms with Gasteiger partial charge in [-0.05, 0) is 26.2 Å². The van der Waals surface area contributed by atoms with Crippen LogP contribution in [0.1, 0.15) is 26.2 Å². The maximum absolute atomic E-state index is 11.1. The summed E-state index contributed by atoms with van der Waals surface area (Å²) in [5, 5.41) is 0. The molecule has 2 nitrogen and oxygen atoms in total. The van der Waals surface area contributed by atoms with Crippen molar-refractivity contribution in [3.8, 4) is 0 Å². The fourth-order valence-electron chi connectivity index (χ4n) is 1.26. The summed E-state index contributed by atoms with van der Waals surface area (Å²) in [6.07, 6.45) is 6.96. The molecule has 0 bridgehead atoms. The van der Waals surface area contributed by atoms with Gasteiger partial charge in [0.2, 0.25) is 0 Å². The Labute approximate surface area is 67.5 Å². The van der Waals surface area contributed by atoms with Gasteiger partial charge in [0.15, 0.2) is 0 Å². The number of carbonyl (C=O) groups excluding carboxylic acids is 1. The Morgan fingerprint density at radius 3 is 2.55 bits per heavy atom. The van der Waals surface area contributed by atoms with E-state index in [0.717, 1.165) is 19.3 Å². The highest BCUT2D eigenvalue weighted by Gasteiger charge is 2.45. The van der Waals surface area contributed by atoms with E-state index in [1.54, 1.807) is 6.92 Å². The number of hydrogen-bond acceptors (Lipinski definition) is 2. The molecule has 0 radical (unpaired) electrons. The Hall–Kier alpha value is -0.630. The largest absolute Gasteiger partial charge is 0.327 e. The first kappa shape index (κ1) is 8.47. The van der Waals surface area contributed by atoms with Gasteiger partial charge in [-0.25, -0.2) is 0 Å². The molecule has 0 heterocycles. The molecule has 1 saturated carbocycles. The second-order valence-electron chi connectivity index (χ2n) is 3.25. The maximum Gasteiger partial charge on any atom is 0.136 e. The van der Waals surface area contributed by atoms with Crippen LogP contribution in [0.25, 0.3) is 0 Å². The van der Waals surface area contributed by atoms with Crippen molar-refractivity contribution in [1.82, 2.24) is 0 Å². The van der Waals surface area contributed by atoms with Crippen LogP contribution >= 0.6 is 0 Å². The summed E-state index contributed by atoms with van der Waals surface area (Å²) in [5.41, 5.74) is 5.30. The van der Waals surface area contributed by atoms with Gasteiger partial charge in [-0.15, -0.1) is 0 Å². The van der Waals surface area contributed by atoms with Crippen LogP contribution in [-0.2, 0) is 4.79 Å². The highest BCUT2D eigenvalue weighted by Crippen LogP contribution is 2.49. The van der Waals surface area contributed by atoms with Crippen LogP contribution in [0.4, 0.5) is 0 Å². The third-order valence-corrected chi connectivity index (χ3v) is 2.41. The first-order valence-corrected chi connectivity index (χ1v) is 4.07. The number of hydrogen-bond donors (Lipinski definition) is 1. The molecule has 0 spiro atoms. The molecule has 0 unspecified atom stereocenters. The number of allylic oxidation sites excluding steroid dienone is 1. The number of Topliss-reactive ketones (excluding diaryl/α,β-unsaturated/α-hetero) is 1. The minimum atomic E-state index is 0.0195. The number of rotatable bonds is 4. The molecule has 2 heteroatoms. The van der Waals surface area contributed by atoms with E-state index in [4.69, 9.17) is 5.73 Å². The van der Waals surface area contributed by atoms with Crippen molar-refractivity contribution in [1.29, 1.82) is 0 Å². The van der Waals surface area contributed by atoms with Gasteiger partial charge in [0.05, 0.1) is 0 Å². The fraction of sp³-hybridized carbons (Fsp3) is 0.667. The predicted molar refractivity (Wildman–Crippen MR) is 45.2 cm³/mol. The molecular formula is C9H15NO. The van der Waals surface area contributed by atoms with Gasteiger partial charge in [0, 0.05) is 12.0 Å². The smallest absolute Gasteiger partial charge is 0.136 e. The molecule has 0 aromatic heterocycles. The lowest BCUT2D eigenvalue weighted by molar-refractivity contribution is -0.121. The van der Waals surface area contributed by atoms with Gasteiger partial charge < -0.3 is 5.73 Å². The van der Waals surface area contributed by atoms with Crippen LogP contribution < -0.4 is 5.73 Å². The van der Waals surface area contributed by atoms with E-state index in [9.17, 15) is 4.79 Å². The lowest BCUT2D eigenvalue weighted by atomic mass is 9.98. The zero-order valence-corrected chi connectivity index (χ0v) is 6.97. The normalized spacial score (nSPS) is 20.5. The number of nitrogens with two attached hydrogens (primary N) is 1. The molecule has 0 aromatic carbocycles. The zero-order valence-electron chi connectivity index (χ0n) is 6.97. The van der Waals surface area contributed by atoms with Gasteiger partial charge in [0.1, 0.15) is 5.78 Å². The van der Waals surface area contributed by atoms with Gasteiger partial charge in [-0.3, -0.25) is 4.79 Å². The molecule has 0 aromatic rings. The number of ketones is 1. The van der Waals surface area contributed by atoms with E-state index in [-0.39, 0.29) is 5.41 Å². The summed E-state index contributed by atoms with van der Waals surface area (Å²) in [6, 6.07) is 0. The summed E-state index contributed by atoms with van der Waals surface area (Å²) in [5.74, 6) is 0.333.